The molecule has 1 aliphatic rings. The number of benzene rings is 2. The van der Waals surface area contributed by atoms with Gasteiger partial charge in [-0.1, -0.05) is 23.2 Å². The Hall–Kier alpha value is -1.75. The summed E-state index contributed by atoms with van der Waals surface area (Å²) >= 11 is 11.8. The molecule has 1 aliphatic heterocycles. The lowest BCUT2D eigenvalue weighted by molar-refractivity contribution is -0.880. The lowest BCUT2D eigenvalue weighted by Gasteiger charge is -2.31. The monoisotopic (exact) mass is 364 g/mol. The third-order valence-corrected chi connectivity index (χ3v) is 5.03. The Kier molecular flexibility index (Phi) is 5.29. The van der Waals surface area contributed by atoms with Crippen molar-refractivity contribution in [2.75, 3.05) is 43.4 Å². The fourth-order valence-electron chi connectivity index (χ4n) is 2.74. The van der Waals surface area contributed by atoms with Crippen LogP contribution in [-0.4, -0.2) is 39.1 Å². The first kappa shape index (κ1) is 17.1. The van der Waals surface area contributed by atoms with E-state index in [4.69, 9.17) is 23.2 Å². The topological polar surface area (TPSA) is 36.8 Å². The molecule has 2 N–H and O–H groups in total. The molecule has 0 aliphatic carbocycles. The van der Waals surface area contributed by atoms with Gasteiger partial charge in [-0.2, -0.15) is 0 Å². The molecular formula is C18H20Cl2N3O+. The van der Waals surface area contributed by atoms with E-state index < -0.39 is 0 Å². The molecule has 1 saturated heterocycles. The number of anilines is 2. The highest BCUT2D eigenvalue weighted by Crippen LogP contribution is 2.23. The van der Waals surface area contributed by atoms with Gasteiger partial charge in [-0.05, 0) is 42.5 Å². The first-order valence-corrected chi connectivity index (χ1v) is 8.71. The number of quaternary nitrogens is 1. The van der Waals surface area contributed by atoms with Crippen LogP contribution in [0.4, 0.5) is 11.4 Å². The number of hydrogen-bond donors (Lipinski definition) is 2. The molecule has 126 valence electrons. The molecule has 0 aromatic heterocycles. The van der Waals surface area contributed by atoms with Crippen LogP contribution in [0.3, 0.4) is 0 Å². The summed E-state index contributed by atoms with van der Waals surface area (Å²) in [7, 11) is 2.22. The van der Waals surface area contributed by atoms with Crippen molar-refractivity contribution < 1.29 is 9.69 Å². The van der Waals surface area contributed by atoms with Crippen LogP contribution < -0.4 is 15.1 Å². The van der Waals surface area contributed by atoms with Crippen molar-refractivity contribution in [2.24, 2.45) is 0 Å². The maximum Gasteiger partial charge on any atom is 0.255 e. The van der Waals surface area contributed by atoms with Crippen LogP contribution in [0.25, 0.3) is 0 Å². The minimum absolute atomic E-state index is 0.204. The van der Waals surface area contributed by atoms with Crippen LogP contribution in [0.1, 0.15) is 10.4 Å². The van der Waals surface area contributed by atoms with Crippen LogP contribution in [0, 0.1) is 0 Å². The molecule has 1 heterocycles. The second-order valence-electron chi connectivity index (χ2n) is 6.07. The summed E-state index contributed by atoms with van der Waals surface area (Å²) in [4.78, 5) is 16.2. The molecule has 0 saturated carbocycles. The molecule has 0 unspecified atom stereocenters. The molecule has 2 aromatic carbocycles. The van der Waals surface area contributed by atoms with Crippen molar-refractivity contribution in [2.45, 2.75) is 0 Å². The van der Waals surface area contributed by atoms with E-state index in [1.54, 1.807) is 23.1 Å². The van der Waals surface area contributed by atoms with E-state index in [0.717, 1.165) is 31.9 Å². The maximum absolute atomic E-state index is 12.3. The Bertz CT molecular complexity index is 726. The van der Waals surface area contributed by atoms with Crippen molar-refractivity contribution in [3.8, 4) is 0 Å². The minimum Gasteiger partial charge on any atom is -0.360 e. The Morgan fingerprint density at radius 2 is 1.71 bits per heavy atom. The van der Waals surface area contributed by atoms with Crippen LogP contribution in [0.2, 0.25) is 10.0 Å². The molecule has 4 nitrogen and oxygen atoms in total. The van der Waals surface area contributed by atoms with Crippen molar-refractivity contribution in [3.63, 3.8) is 0 Å². The third-order valence-electron chi connectivity index (χ3n) is 4.29. The normalized spacial score (nSPS) is 15.4. The van der Waals surface area contributed by atoms with Gasteiger partial charge in [0, 0.05) is 16.9 Å². The Labute approximate surface area is 152 Å². The standard InChI is InChI=1S/C18H19Cl2N3O/c1-22-8-10-23(11-9-22)15-5-3-14(4-6-15)21-18(24)13-2-7-16(19)17(20)12-13/h2-7,12H,8-11H2,1H3,(H,21,24)/p+1. The quantitative estimate of drug-likeness (QED) is 0.877. The van der Waals surface area contributed by atoms with Gasteiger partial charge in [-0.15, -0.1) is 0 Å². The van der Waals surface area contributed by atoms with Gasteiger partial charge in [0.25, 0.3) is 5.91 Å². The predicted molar refractivity (Wildman–Crippen MR) is 99.7 cm³/mol. The number of carbonyl (C=O) groups is 1. The molecule has 2 aromatic rings. The summed E-state index contributed by atoms with van der Waals surface area (Å²) in [5.41, 5.74) is 2.43. The van der Waals surface area contributed by atoms with E-state index in [9.17, 15) is 4.79 Å². The van der Waals surface area contributed by atoms with Crippen LogP contribution in [-0.2, 0) is 0 Å². The average molecular weight is 365 g/mol. The summed E-state index contributed by atoms with van der Waals surface area (Å²) < 4.78 is 0. The number of carbonyl (C=O) groups excluding carboxylic acids is 1. The van der Waals surface area contributed by atoms with Gasteiger partial charge in [0.15, 0.2) is 0 Å². The van der Waals surface area contributed by atoms with Gasteiger partial charge in [0.2, 0.25) is 0 Å². The Morgan fingerprint density at radius 1 is 1.04 bits per heavy atom. The number of amides is 1. The zero-order chi connectivity index (χ0) is 17.1. The van der Waals surface area contributed by atoms with E-state index in [1.165, 1.54) is 5.69 Å². The van der Waals surface area contributed by atoms with Gasteiger partial charge in [0.1, 0.15) is 0 Å². The minimum atomic E-state index is -0.204. The highest BCUT2D eigenvalue weighted by molar-refractivity contribution is 6.42. The molecule has 1 amide bonds. The van der Waals surface area contributed by atoms with Crippen molar-refractivity contribution in [3.05, 3.63) is 58.1 Å². The number of nitrogens with zero attached hydrogens (tertiary/aromatic N) is 1. The first-order chi connectivity index (χ1) is 11.5. The first-order valence-electron chi connectivity index (χ1n) is 7.95. The predicted octanol–water partition coefficient (Wildman–Crippen LogP) is 2.58. The maximum atomic E-state index is 12.3. The number of halogens is 2. The molecule has 6 heteroatoms. The van der Waals surface area contributed by atoms with E-state index in [0.29, 0.717) is 15.6 Å². The highest BCUT2D eigenvalue weighted by atomic mass is 35.5. The average Bonchev–Trinajstić information content (AvgIpc) is 2.59. The van der Waals surface area contributed by atoms with Gasteiger partial charge in [-0.25, -0.2) is 0 Å². The van der Waals surface area contributed by atoms with Gasteiger partial charge < -0.3 is 15.1 Å². The Morgan fingerprint density at radius 3 is 2.33 bits per heavy atom. The molecule has 0 spiro atoms. The van der Waals surface area contributed by atoms with E-state index in [1.807, 2.05) is 24.3 Å². The number of hydrogen-bond acceptors (Lipinski definition) is 2. The highest BCUT2D eigenvalue weighted by Gasteiger charge is 2.17. The lowest BCUT2D eigenvalue weighted by atomic mass is 10.2. The smallest absolute Gasteiger partial charge is 0.255 e. The molecule has 0 bridgehead atoms. The lowest BCUT2D eigenvalue weighted by Crippen LogP contribution is -3.12. The second kappa shape index (κ2) is 7.43. The molecule has 1 fully saturated rings. The number of nitrogens with one attached hydrogen (secondary N) is 2. The molecule has 24 heavy (non-hydrogen) atoms. The zero-order valence-electron chi connectivity index (χ0n) is 13.5. The summed E-state index contributed by atoms with van der Waals surface area (Å²) in [6.07, 6.45) is 0. The van der Waals surface area contributed by atoms with Gasteiger partial charge in [-0.3, -0.25) is 4.79 Å². The van der Waals surface area contributed by atoms with E-state index in [2.05, 4.69) is 17.3 Å². The molecule has 3 rings (SSSR count). The Balaban J connectivity index is 1.65. The fraction of sp³-hybridized carbons (Fsp3) is 0.278. The number of rotatable bonds is 3. The van der Waals surface area contributed by atoms with Crippen LogP contribution in [0.5, 0.6) is 0 Å². The summed E-state index contributed by atoms with van der Waals surface area (Å²) in [5.74, 6) is -0.204. The number of likely N-dealkylation sites (N-methyl/N-ethyl adjacent to an activating group) is 1. The second-order valence-corrected chi connectivity index (χ2v) is 6.89. The van der Waals surface area contributed by atoms with E-state index >= 15 is 0 Å². The van der Waals surface area contributed by atoms with Crippen molar-refractivity contribution in [1.82, 2.24) is 0 Å². The summed E-state index contributed by atoms with van der Waals surface area (Å²) in [6.45, 7) is 4.41. The molecule has 0 radical (unpaired) electrons. The van der Waals surface area contributed by atoms with Gasteiger partial charge >= 0.3 is 0 Å². The van der Waals surface area contributed by atoms with E-state index in [-0.39, 0.29) is 5.91 Å². The van der Waals surface area contributed by atoms with Crippen LogP contribution >= 0.6 is 23.2 Å². The fourth-order valence-corrected chi connectivity index (χ4v) is 3.04. The molecule has 0 atom stereocenters. The van der Waals surface area contributed by atoms with Crippen molar-refractivity contribution in [1.29, 1.82) is 0 Å². The summed E-state index contributed by atoms with van der Waals surface area (Å²) in [5, 5.41) is 3.69. The SMILES string of the molecule is C[NH+]1CCN(c2ccc(NC(=O)c3ccc(Cl)c(Cl)c3)cc2)CC1. The largest absolute Gasteiger partial charge is 0.360 e. The summed E-state index contributed by atoms with van der Waals surface area (Å²) in [6, 6.07) is 12.8. The molecular weight excluding hydrogens is 345 g/mol. The van der Waals surface area contributed by atoms with Crippen LogP contribution in [0.15, 0.2) is 42.5 Å². The third kappa shape index (κ3) is 4.01. The number of piperazine rings is 1. The van der Waals surface area contributed by atoms with Gasteiger partial charge in [0.05, 0.1) is 43.3 Å². The zero-order valence-corrected chi connectivity index (χ0v) is 15.0. The van der Waals surface area contributed by atoms with Crippen molar-refractivity contribution >= 4 is 40.5 Å².